The Balaban J connectivity index is 2.41. The Morgan fingerprint density at radius 1 is 1.35 bits per heavy atom. The third-order valence-corrected chi connectivity index (χ3v) is 2.61. The molecule has 1 aromatic carbocycles. The van der Waals surface area contributed by atoms with Crippen molar-refractivity contribution in [1.82, 2.24) is 0 Å². The van der Waals surface area contributed by atoms with E-state index in [1.807, 2.05) is 0 Å². The standard InChI is InChI=1S/C14H20N2O/c1-3-16(9-11-17-10-5-8-15)14-7-4-6-13(2)12-14/h4,6-7,12H,3,5,9-11H2,1-2H3. The first-order valence-corrected chi connectivity index (χ1v) is 6.04. The molecule has 0 N–H and O–H groups in total. The SMILES string of the molecule is CCN(CCOCCC#N)c1cccc(C)c1. The van der Waals surface area contributed by atoms with E-state index in [4.69, 9.17) is 10.00 Å². The number of hydrogen-bond donors (Lipinski definition) is 0. The van der Waals surface area contributed by atoms with Crippen LogP contribution in [0.25, 0.3) is 0 Å². The van der Waals surface area contributed by atoms with Crippen molar-refractivity contribution in [2.75, 3.05) is 31.2 Å². The average Bonchev–Trinajstić information content (AvgIpc) is 2.34. The van der Waals surface area contributed by atoms with Gasteiger partial charge >= 0.3 is 0 Å². The van der Waals surface area contributed by atoms with Crippen LogP contribution in [0.2, 0.25) is 0 Å². The molecule has 0 heterocycles. The molecule has 0 spiro atoms. The topological polar surface area (TPSA) is 36.3 Å². The van der Waals surface area contributed by atoms with Crippen molar-refractivity contribution in [1.29, 1.82) is 5.26 Å². The van der Waals surface area contributed by atoms with E-state index < -0.39 is 0 Å². The molecular weight excluding hydrogens is 212 g/mol. The fourth-order valence-electron chi connectivity index (χ4n) is 1.69. The second-order valence-electron chi connectivity index (χ2n) is 3.94. The summed E-state index contributed by atoms with van der Waals surface area (Å²) in [6.07, 6.45) is 0.469. The number of nitriles is 1. The van der Waals surface area contributed by atoms with Crippen molar-refractivity contribution in [2.45, 2.75) is 20.3 Å². The molecule has 0 amide bonds. The molecule has 0 aromatic heterocycles. The second kappa shape index (κ2) is 7.70. The highest BCUT2D eigenvalue weighted by Crippen LogP contribution is 2.15. The van der Waals surface area contributed by atoms with Crippen LogP contribution < -0.4 is 4.90 Å². The smallest absolute Gasteiger partial charge is 0.0645 e. The lowest BCUT2D eigenvalue weighted by Gasteiger charge is -2.23. The van der Waals surface area contributed by atoms with Crippen molar-refractivity contribution in [3.63, 3.8) is 0 Å². The Hall–Kier alpha value is -1.53. The second-order valence-corrected chi connectivity index (χ2v) is 3.94. The predicted octanol–water partition coefficient (Wildman–Crippen LogP) is 2.75. The maximum Gasteiger partial charge on any atom is 0.0645 e. The molecule has 0 unspecified atom stereocenters. The Kier molecular flexibility index (Phi) is 6.13. The fourth-order valence-corrected chi connectivity index (χ4v) is 1.69. The summed E-state index contributed by atoms with van der Waals surface area (Å²) in [7, 11) is 0. The van der Waals surface area contributed by atoms with E-state index in [0.29, 0.717) is 19.6 Å². The summed E-state index contributed by atoms with van der Waals surface area (Å²) in [6.45, 7) is 7.26. The van der Waals surface area contributed by atoms with E-state index in [9.17, 15) is 0 Å². The lowest BCUT2D eigenvalue weighted by molar-refractivity contribution is 0.146. The van der Waals surface area contributed by atoms with E-state index in [1.54, 1.807) is 0 Å². The molecule has 92 valence electrons. The third-order valence-electron chi connectivity index (χ3n) is 2.61. The first kappa shape index (κ1) is 13.5. The van der Waals surface area contributed by atoms with Crippen LogP contribution in [0.5, 0.6) is 0 Å². The minimum absolute atomic E-state index is 0.469. The van der Waals surface area contributed by atoms with E-state index >= 15 is 0 Å². The highest BCUT2D eigenvalue weighted by molar-refractivity contribution is 5.48. The van der Waals surface area contributed by atoms with Crippen molar-refractivity contribution in [3.8, 4) is 6.07 Å². The van der Waals surface area contributed by atoms with Gasteiger partial charge in [-0.25, -0.2) is 0 Å². The molecule has 0 bridgehead atoms. The van der Waals surface area contributed by atoms with Gasteiger partial charge in [0.1, 0.15) is 0 Å². The Labute approximate surface area is 104 Å². The number of benzene rings is 1. The van der Waals surface area contributed by atoms with Gasteiger partial charge in [-0.2, -0.15) is 5.26 Å². The van der Waals surface area contributed by atoms with Gasteiger partial charge in [0.25, 0.3) is 0 Å². The van der Waals surface area contributed by atoms with Crippen LogP contribution in [0.3, 0.4) is 0 Å². The molecule has 0 aliphatic carbocycles. The maximum atomic E-state index is 8.39. The van der Waals surface area contributed by atoms with Gasteiger partial charge in [-0.15, -0.1) is 0 Å². The molecule has 17 heavy (non-hydrogen) atoms. The van der Waals surface area contributed by atoms with Crippen LogP contribution in [0.1, 0.15) is 18.9 Å². The van der Waals surface area contributed by atoms with Crippen molar-refractivity contribution >= 4 is 5.69 Å². The Bertz CT molecular complexity index is 371. The normalized spacial score (nSPS) is 9.94. The van der Waals surface area contributed by atoms with Crippen LogP contribution in [-0.2, 0) is 4.74 Å². The lowest BCUT2D eigenvalue weighted by Crippen LogP contribution is -2.27. The van der Waals surface area contributed by atoms with Crippen LogP contribution >= 0.6 is 0 Å². The number of ether oxygens (including phenoxy) is 1. The minimum Gasteiger partial charge on any atom is -0.379 e. The van der Waals surface area contributed by atoms with Crippen LogP contribution in [0, 0.1) is 18.3 Å². The van der Waals surface area contributed by atoms with Crippen LogP contribution in [0.15, 0.2) is 24.3 Å². The number of aryl methyl sites for hydroxylation is 1. The van der Waals surface area contributed by atoms with Crippen molar-refractivity contribution < 1.29 is 4.74 Å². The highest BCUT2D eigenvalue weighted by Gasteiger charge is 2.03. The summed E-state index contributed by atoms with van der Waals surface area (Å²) in [6, 6.07) is 10.5. The van der Waals surface area contributed by atoms with Gasteiger partial charge in [0.2, 0.25) is 0 Å². The summed E-state index contributed by atoms with van der Waals surface area (Å²) in [5, 5.41) is 8.39. The van der Waals surface area contributed by atoms with Gasteiger partial charge in [-0.3, -0.25) is 0 Å². The van der Waals surface area contributed by atoms with E-state index in [1.165, 1.54) is 11.3 Å². The summed E-state index contributed by atoms with van der Waals surface area (Å²) < 4.78 is 5.39. The molecule has 3 heteroatoms. The van der Waals surface area contributed by atoms with Gasteiger partial charge in [-0.1, -0.05) is 12.1 Å². The molecule has 0 aliphatic rings. The lowest BCUT2D eigenvalue weighted by atomic mass is 10.2. The van der Waals surface area contributed by atoms with Crippen LogP contribution in [0.4, 0.5) is 5.69 Å². The molecule has 1 rings (SSSR count). The fraction of sp³-hybridized carbons (Fsp3) is 0.500. The van der Waals surface area contributed by atoms with Gasteiger partial charge < -0.3 is 9.64 Å². The Morgan fingerprint density at radius 3 is 2.82 bits per heavy atom. The predicted molar refractivity (Wildman–Crippen MR) is 70.1 cm³/mol. The molecule has 0 fully saturated rings. The zero-order valence-electron chi connectivity index (χ0n) is 10.6. The monoisotopic (exact) mass is 232 g/mol. The number of hydrogen-bond acceptors (Lipinski definition) is 3. The quantitative estimate of drug-likeness (QED) is 0.678. The zero-order valence-corrected chi connectivity index (χ0v) is 10.6. The van der Waals surface area contributed by atoms with Gasteiger partial charge in [0, 0.05) is 18.8 Å². The maximum absolute atomic E-state index is 8.39. The summed E-state index contributed by atoms with van der Waals surface area (Å²) >= 11 is 0. The number of anilines is 1. The first-order chi connectivity index (χ1) is 8.27. The molecule has 1 aromatic rings. The number of nitrogens with zero attached hydrogens (tertiary/aromatic N) is 2. The minimum atomic E-state index is 0.469. The van der Waals surface area contributed by atoms with Crippen LogP contribution in [-0.4, -0.2) is 26.3 Å². The molecule has 0 saturated carbocycles. The van der Waals surface area contributed by atoms with Gasteiger partial charge in [-0.05, 0) is 31.5 Å². The first-order valence-electron chi connectivity index (χ1n) is 6.04. The summed E-state index contributed by atoms with van der Waals surface area (Å²) in [5.41, 5.74) is 2.50. The van der Waals surface area contributed by atoms with Crippen molar-refractivity contribution in [3.05, 3.63) is 29.8 Å². The molecule has 3 nitrogen and oxygen atoms in total. The molecule has 0 radical (unpaired) electrons. The largest absolute Gasteiger partial charge is 0.379 e. The number of likely N-dealkylation sites (N-methyl/N-ethyl adjacent to an activating group) is 1. The van der Waals surface area contributed by atoms with Crippen molar-refractivity contribution in [2.24, 2.45) is 0 Å². The van der Waals surface area contributed by atoms with Gasteiger partial charge in [0.05, 0.1) is 25.7 Å². The Morgan fingerprint density at radius 2 is 2.18 bits per heavy atom. The molecule has 0 atom stereocenters. The molecular formula is C14H20N2O. The molecule has 0 aliphatic heterocycles. The highest BCUT2D eigenvalue weighted by atomic mass is 16.5. The number of rotatable bonds is 7. The summed E-state index contributed by atoms with van der Waals surface area (Å²) in [4.78, 5) is 2.28. The molecule has 0 saturated heterocycles. The zero-order chi connectivity index (χ0) is 12.5. The van der Waals surface area contributed by atoms with E-state index in [2.05, 4.69) is 49.1 Å². The van der Waals surface area contributed by atoms with Gasteiger partial charge in [0.15, 0.2) is 0 Å². The summed E-state index contributed by atoms with van der Waals surface area (Å²) in [5.74, 6) is 0. The van der Waals surface area contributed by atoms with E-state index in [-0.39, 0.29) is 0 Å². The average molecular weight is 232 g/mol. The third kappa shape index (κ3) is 4.88. The van der Waals surface area contributed by atoms with E-state index in [0.717, 1.165) is 13.1 Å².